The maximum absolute atomic E-state index is 11.9. The zero-order valence-electron chi connectivity index (χ0n) is 9.61. The zero-order chi connectivity index (χ0) is 12.5. The van der Waals surface area contributed by atoms with Crippen LogP contribution in [0.1, 0.15) is 30.9 Å². The first-order valence-corrected chi connectivity index (χ1v) is 5.57. The Morgan fingerprint density at radius 2 is 1.72 bits per heavy atom. The Labute approximate surface area is 110 Å². The summed E-state index contributed by atoms with van der Waals surface area (Å²) in [6.45, 7) is 0. The third-order valence-corrected chi connectivity index (χ3v) is 3.16. The smallest absolute Gasteiger partial charge is 0.406 e. The molecule has 1 aromatic carbocycles. The molecular formula is C12H15ClF3NO. The van der Waals surface area contributed by atoms with Crippen LogP contribution in [0, 0.1) is 5.92 Å². The van der Waals surface area contributed by atoms with Crippen LogP contribution in [0.5, 0.6) is 5.75 Å². The van der Waals surface area contributed by atoms with Gasteiger partial charge < -0.3 is 10.5 Å². The molecule has 0 bridgehead atoms. The average Bonchev–Trinajstić information content (AvgIpc) is 2.13. The summed E-state index contributed by atoms with van der Waals surface area (Å²) in [6, 6.07) is 5.74. The second-order valence-electron chi connectivity index (χ2n) is 4.33. The van der Waals surface area contributed by atoms with Gasteiger partial charge in [0, 0.05) is 6.04 Å². The van der Waals surface area contributed by atoms with Crippen LogP contribution in [-0.4, -0.2) is 6.36 Å². The topological polar surface area (TPSA) is 35.2 Å². The molecule has 1 aliphatic carbocycles. The van der Waals surface area contributed by atoms with Crippen molar-refractivity contribution in [1.29, 1.82) is 0 Å². The highest BCUT2D eigenvalue weighted by Gasteiger charge is 2.31. The van der Waals surface area contributed by atoms with Crippen molar-refractivity contribution < 1.29 is 17.9 Å². The van der Waals surface area contributed by atoms with Gasteiger partial charge in [-0.3, -0.25) is 0 Å². The van der Waals surface area contributed by atoms with Gasteiger partial charge >= 0.3 is 6.36 Å². The molecule has 2 nitrogen and oxygen atoms in total. The molecule has 0 aromatic heterocycles. The molecule has 2 rings (SSSR count). The molecule has 2 N–H and O–H groups in total. The van der Waals surface area contributed by atoms with Crippen molar-refractivity contribution in [2.45, 2.75) is 31.7 Å². The van der Waals surface area contributed by atoms with Gasteiger partial charge in [-0.25, -0.2) is 0 Å². The summed E-state index contributed by atoms with van der Waals surface area (Å²) in [5.41, 5.74) is 6.88. The molecule has 0 unspecified atom stereocenters. The Morgan fingerprint density at radius 1 is 1.17 bits per heavy atom. The first kappa shape index (κ1) is 15.1. The molecule has 6 heteroatoms. The van der Waals surface area contributed by atoms with Gasteiger partial charge in [0.1, 0.15) is 5.75 Å². The number of benzene rings is 1. The van der Waals surface area contributed by atoms with Crippen LogP contribution in [0.4, 0.5) is 13.2 Å². The number of halogens is 4. The lowest BCUT2D eigenvalue weighted by Crippen LogP contribution is -2.26. The van der Waals surface area contributed by atoms with E-state index in [1.54, 1.807) is 12.1 Å². The Morgan fingerprint density at radius 3 is 2.11 bits per heavy atom. The first-order valence-electron chi connectivity index (χ1n) is 5.57. The van der Waals surface area contributed by atoms with Gasteiger partial charge in [0.25, 0.3) is 0 Å². The fourth-order valence-electron chi connectivity index (χ4n) is 1.96. The number of rotatable bonds is 3. The van der Waals surface area contributed by atoms with E-state index in [9.17, 15) is 13.2 Å². The van der Waals surface area contributed by atoms with Crippen molar-refractivity contribution in [3.05, 3.63) is 29.8 Å². The molecular weight excluding hydrogens is 267 g/mol. The molecule has 18 heavy (non-hydrogen) atoms. The Kier molecular flexibility index (Phi) is 4.87. The quantitative estimate of drug-likeness (QED) is 0.914. The molecule has 0 aliphatic heterocycles. The highest BCUT2D eigenvalue weighted by atomic mass is 35.5. The highest BCUT2D eigenvalue weighted by molar-refractivity contribution is 5.85. The third kappa shape index (κ3) is 3.78. The molecule has 0 heterocycles. The average molecular weight is 282 g/mol. The van der Waals surface area contributed by atoms with Gasteiger partial charge in [0.05, 0.1) is 0 Å². The lowest BCUT2D eigenvalue weighted by Gasteiger charge is -2.31. The van der Waals surface area contributed by atoms with Crippen LogP contribution in [0.3, 0.4) is 0 Å². The maximum atomic E-state index is 11.9. The zero-order valence-corrected chi connectivity index (χ0v) is 10.4. The summed E-state index contributed by atoms with van der Waals surface area (Å²) in [5.74, 6) is 0.256. The standard InChI is InChI=1S/C12H14F3NO.ClH/c13-12(14,15)17-10-6-4-9(5-7-10)11(16)8-2-1-3-8;/h4-8,11H,1-3,16H2;1H/t11-;/m0./s1. The van der Waals surface area contributed by atoms with E-state index in [4.69, 9.17) is 5.73 Å². The van der Waals surface area contributed by atoms with Crippen molar-refractivity contribution in [1.82, 2.24) is 0 Å². The van der Waals surface area contributed by atoms with E-state index in [0.717, 1.165) is 18.4 Å². The van der Waals surface area contributed by atoms with E-state index < -0.39 is 6.36 Å². The third-order valence-electron chi connectivity index (χ3n) is 3.16. The maximum Gasteiger partial charge on any atom is 0.573 e. The summed E-state index contributed by atoms with van der Waals surface area (Å²) < 4.78 is 39.6. The van der Waals surface area contributed by atoms with Gasteiger partial charge in [0.15, 0.2) is 0 Å². The Balaban J connectivity index is 0.00000162. The van der Waals surface area contributed by atoms with Gasteiger partial charge in [0.2, 0.25) is 0 Å². The highest BCUT2D eigenvalue weighted by Crippen LogP contribution is 2.36. The second kappa shape index (κ2) is 5.80. The van der Waals surface area contributed by atoms with E-state index in [0.29, 0.717) is 5.92 Å². The van der Waals surface area contributed by atoms with Crippen molar-refractivity contribution in [3.63, 3.8) is 0 Å². The van der Waals surface area contributed by atoms with Crippen LogP contribution in [0.2, 0.25) is 0 Å². The monoisotopic (exact) mass is 281 g/mol. The summed E-state index contributed by atoms with van der Waals surface area (Å²) in [5, 5.41) is 0. The molecule has 0 spiro atoms. The van der Waals surface area contributed by atoms with Crippen molar-refractivity contribution >= 4 is 12.4 Å². The lowest BCUT2D eigenvalue weighted by molar-refractivity contribution is -0.274. The Bertz CT molecular complexity index is 376. The van der Waals surface area contributed by atoms with Crippen LogP contribution in [0.15, 0.2) is 24.3 Å². The predicted molar refractivity (Wildman–Crippen MR) is 64.6 cm³/mol. The number of hydrogen-bond acceptors (Lipinski definition) is 2. The summed E-state index contributed by atoms with van der Waals surface area (Å²) in [4.78, 5) is 0. The number of ether oxygens (including phenoxy) is 1. The molecule has 102 valence electrons. The molecule has 1 fully saturated rings. The second-order valence-corrected chi connectivity index (χ2v) is 4.33. The summed E-state index contributed by atoms with van der Waals surface area (Å²) in [7, 11) is 0. The normalized spacial score (nSPS) is 17.6. The van der Waals surface area contributed by atoms with E-state index in [1.807, 2.05) is 0 Å². The fraction of sp³-hybridized carbons (Fsp3) is 0.500. The minimum Gasteiger partial charge on any atom is -0.406 e. The van der Waals surface area contributed by atoms with Gasteiger partial charge in [-0.2, -0.15) is 0 Å². The minimum absolute atomic E-state index is 0. The van der Waals surface area contributed by atoms with Crippen LogP contribution < -0.4 is 10.5 Å². The van der Waals surface area contributed by atoms with Crippen LogP contribution >= 0.6 is 12.4 Å². The number of nitrogens with two attached hydrogens (primary N) is 1. The van der Waals surface area contributed by atoms with E-state index in [2.05, 4.69) is 4.74 Å². The molecule has 1 aromatic rings. The number of alkyl halides is 3. The van der Waals surface area contributed by atoms with Crippen molar-refractivity contribution in [3.8, 4) is 5.75 Å². The minimum atomic E-state index is -4.64. The summed E-state index contributed by atoms with van der Waals surface area (Å²) in [6.07, 6.45) is -1.25. The van der Waals surface area contributed by atoms with Crippen molar-refractivity contribution in [2.24, 2.45) is 11.7 Å². The van der Waals surface area contributed by atoms with E-state index >= 15 is 0 Å². The molecule has 1 atom stereocenters. The molecule has 1 aliphatic rings. The first-order chi connectivity index (χ1) is 7.96. The molecule has 1 saturated carbocycles. The molecule has 0 saturated heterocycles. The fourth-order valence-corrected chi connectivity index (χ4v) is 1.96. The van der Waals surface area contributed by atoms with E-state index in [-0.39, 0.29) is 24.2 Å². The Hall–Kier alpha value is -0.940. The van der Waals surface area contributed by atoms with Crippen LogP contribution in [-0.2, 0) is 0 Å². The lowest BCUT2D eigenvalue weighted by atomic mass is 9.78. The van der Waals surface area contributed by atoms with Gasteiger partial charge in [-0.15, -0.1) is 25.6 Å². The molecule has 0 radical (unpaired) electrons. The largest absolute Gasteiger partial charge is 0.573 e. The molecule has 0 amide bonds. The van der Waals surface area contributed by atoms with Crippen LogP contribution in [0.25, 0.3) is 0 Å². The van der Waals surface area contributed by atoms with Crippen molar-refractivity contribution in [2.75, 3.05) is 0 Å². The van der Waals surface area contributed by atoms with E-state index in [1.165, 1.54) is 18.6 Å². The SMILES string of the molecule is Cl.N[C@H](c1ccc(OC(F)(F)F)cc1)C1CCC1. The van der Waals surface area contributed by atoms with Gasteiger partial charge in [-0.1, -0.05) is 18.6 Å². The summed E-state index contributed by atoms with van der Waals surface area (Å²) >= 11 is 0. The predicted octanol–water partition coefficient (Wildman–Crippen LogP) is 3.81. The number of hydrogen-bond donors (Lipinski definition) is 1. The van der Waals surface area contributed by atoms with Gasteiger partial charge in [-0.05, 0) is 36.5 Å².